The number of amides is 2. The van der Waals surface area contributed by atoms with Gasteiger partial charge in [0.15, 0.2) is 0 Å². The molecule has 0 aliphatic carbocycles. The molecule has 54 heavy (non-hydrogen) atoms. The summed E-state index contributed by atoms with van der Waals surface area (Å²) in [6, 6.07) is 29.2. The molecule has 3 aromatic heterocycles. The van der Waals surface area contributed by atoms with E-state index in [2.05, 4.69) is 30.5 Å². The zero-order valence-electron chi connectivity index (χ0n) is 29.6. The van der Waals surface area contributed by atoms with Crippen molar-refractivity contribution in [1.82, 2.24) is 30.5 Å². The molecule has 0 saturated carbocycles. The lowest BCUT2D eigenvalue weighted by Crippen LogP contribution is -2.53. The molecule has 1 unspecified atom stereocenters. The number of primary amides is 1. The molecule has 0 bridgehead atoms. The number of thioether (sulfide) groups is 1. The van der Waals surface area contributed by atoms with Crippen LogP contribution in [0.2, 0.25) is 0 Å². The molecule has 0 spiro atoms. The molecule has 3 atom stereocenters. The second-order valence-electron chi connectivity index (χ2n) is 12.8. The average molecular weight is 745 g/mol. The molecule has 3 aromatic carbocycles. The Kier molecular flexibility index (Phi) is 11.4. The van der Waals surface area contributed by atoms with Gasteiger partial charge in [-0.15, -0.1) is 10.2 Å². The molecule has 2 amide bonds. The molecule has 4 heterocycles. The summed E-state index contributed by atoms with van der Waals surface area (Å²) in [6.45, 7) is 1.10. The van der Waals surface area contributed by atoms with Crippen molar-refractivity contribution < 1.29 is 23.5 Å². The fraction of sp³-hybridized carbons (Fsp3) is 0.250. The minimum absolute atomic E-state index is 0.233. The maximum atomic E-state index is 13.9. The Bertz CT molecular complexity index is 2080. The summed E-state index contributed by atoms with van der Waals surface area (Å²) in [6.07, 6.45) is 6.83. The van der Waals surface area contributed by atoms with Crippen molar-refractivity contribution in [2.45, 2.75) is 41.7 Å². The van der Waals surface area contributed by atoms with Gasteiger partial charge in [-0.05, 0) is 47.7 Å². The maximum Gasteiger partial charge on any atom is 0.414 e. The van der Waals surface area contributed by atoms with Crippen LogP contribution in [0.4, 0.5) is 10.5 Å². The van der Waals surface area contributed by atoms with Gasteiger partial charge in [0.1, 0.15) is 17.5 Å². The number of hydrogen-bond acceptors (Lipinski definition) is 11. The Morgan fingerprint density at radius 3 is 2.33 bits per heavy atom. The van der Waals surface area contributed by atoms with Gasteiger partial charge in [-0.3, -0.25) is 14.7 Å². The molecule has 276 valence electrons. The van der Waals surface area contributed by atoms with Crippen LogP contribution < -0.4 is 16.0 Å². The summed E-state index contributed by atoms with van der Waals surface area (Å²) in [5.74, 6) is 0.378. The summed E-state index contributed by atoms with van der Waals surface area (Å²) in [5, 5.41) is 12.4. The number of ether oxygens (including phenoxy) is 2. The van der Waals surface area contributed by atoms with Crippen LogP contribution in [-0.4, -0.2) is 75.2 Å². The van der Waals surface area contributed by atoms with Crippen LogP contribution in [0.25, 0.3) is 11.5 Å². The van der Waals surface area contributed by atoms with E-state index in [9.17, 15) is 9.59 Å². The molecule has 7 rings (SSSR count). The molecule has 6 aromatic rings. The Morgan fingerprint density at radius 2 is 1.67 bits per heavy atom. The molecule has 13 nitrogen and oxygen atoms in total. The van der Waals surface area contributed by atoms with Crippen LogP contribution in [0.3, 0.4) is 0 Å². The highest BCUT2D eigenvalue weighted by Crippen LogP contribution is 2.38. The number of pyridine rings is 1. The van der Waals surface area contributed by atoms with E-state index in [1.165, 1.54) is 23.8 Å². The molecule has 1 fully saturated rings. The van der Waals surface area contributed by atoms with Crippen LogP contribution in [0.5, 0.6) is 0 Å². The van der Waals surface area contributed by atoms with Gasteiger partial charge >= 0.3 is 6.09 Å². The number of imidazole rings is 1. The topological polar surface area (TPSA) is 174 Å². The summed E-state index contributed by atoms with van der Waals surface area (Å²) >= 11 is 1.42. The van der Waals surface area contributed by atoms with Crippen molar-refractivity contribution >= 4 is 29.4 Å². The monoisotopic (exact) mass is 744 g/mol. The van der Waals surface area contributed by atoms with E-state index >= 15 is 0 Å². The number of nitrogens with zero attached hydrogens (tertiary/aromatic N) is 5. The fourth-order valence-corrected chi connectivity index (χ4v) is 7.72. The van der Waals surface area contributed by atoms with Crippen LogP contribution in [0.15, 0.2) is 131 Å². The number of carbonyl (C=O) groups excluding carboxylic acids is 2. The van der Waals surface area contributed by atoms with Crippen molar-refractivity contribution in [3.05, 3.63) is 144 Å². The number of aromatic amines is 1. The highest BCUT2D eigenvalue weighted by atomic mass is 32.2. The number of H-pyrrole nitrogens is 1. The number of morpholine rings is 1. The number of carbonyl (C=O) groups is 2. The number of hydrogen-bond donors (Lipinski definition) is 3. The van der Waals surface area contributed by atoms with E-state index in [0.717, 1.165) is 22.3 Å². The van der Waals surface area contributed by atoms with E-state index in [1.807, 2.05) is 97.1 Å². The first-order valence-corrected chi connectivity index (χ1v) is 18.5. The Balaban J connectivity index is 1.17. The summed E-state index contributed by atoms with van der Waals surface area (Å²) < 4.78 is 18.2. The molecular formula is C40H40N8O5S. The predicted octanol–water partition coefficient (Wildman–Crippen LogP) is 5.72. The minimum Gasteiger partial charge on any atom is -0.452 e. The van der Waals surface area contributed by atoms with E-state index in [1.54, 1.807) is 24.8 Å². The van der Waals surface area contributed by atoms with Gasteiger partial charge in [0.05, 0.1) is 18.9 Å². The van der Waals surface area contributed by atoms with E-state index in [0.29, 0.717) is 54.3 Å². The summed E-state index contributed by atoms with van der Waals surface area (Å²) in [4.78, 5) is 40.9. The molecule has 1 aliphatic rings. The molecule has 14 heteroatoms. The number of anilines is 1. The number of para-hydroxylation sites is 1. The molecular weight excluding hydrogens is 705 g/mol. The number of aromatic nitrogens is 5. The zero-order valence-corrected chi connectivity index (χ0v) is 30.4. The number of benzene rings is 3. The van der Waals surface area contributed by atoms with Crippen molar-refractivity contribution in [3.8, 4) is 11.5 Å². The third-order valence-electron chi connectivity index (χ3n) is 9.45. The minimum atomic E-state index is -1.12. The van der Waals surface area contributed by atoms with Crippen molar-refractivity contribution in [1.29, 1.82) is 0 Å². The van der Waals surface area contributed by atoms with Crippen LogP contribution in [0, 0.1) is 0 Å². The first kappa shape index (κ1) is 36.5. The number of methoxy groups -OCH3 is 1. The van der Waals surface area contributed by atoms with Gasteiger partial charge in [0.25, 0.3) is 5.22 Å². The van der Waals surface area contributed by atoms with Crippen LogP contribution in [0.1, 0.15) is 34.9 Å². The SMILES string of the molecule is COC(=O)N(c1ccccc1CC[C@]1(c2ncc[nH]2)CNCC(CSc2nnc(-c3ccncc3)o2)O1)[C@H](C(N)=O)C(c1ccccc1)c1ccccc1. The largest absolute Gasteiger partial charge is 0.452 e. The van der Waals surface area contributed by atoms with Crippen LogP contribution >= 0.6 is 11.8 Å². The Labute approximate surface area is 316 Å². The average Bonchev–Trinajstić information content (AvgIpc) is 3.95. The highest BCUT2D eigenvalue weighted by molar-refractivity contribution is 7.99. The number of rotatable bonds is 14. The molecule has 1 aliphatic heterocycles. The van der Waals surface area contributed by atoms with Gasteiger partial charge in [-0.1, -0.05) is 90.6 Å². The molecule has 1 saturated heterocycles. The van der Waals surface area contributed by atoms with Crippen molar-refractivity contribution in [2.75, 3.05) is 30.9 Å². The summed E-state index contributed by atoms with van der Waals surface area (Å²) in [7, 11) is 1.30. The number of nitrogens with one attached hydrogen (secondary N) is 2. The second kappa shape index (κ2) is 16.9. The third kappa shape index (κ3) is 8.05. The van der Waals surface area contributed by atoms with Gasteiger partial charge in [0.2, 0.25) is 11.8 Å². The van der Waals surface area contributed by atoms with Crippen LogP contribution in [-0.2, 0) is 26.3 Å². The van der Waals surface area contributed by atoms with E-state index < -0.39 is 29.6 Å². The van der Waals surface area contributed by atoms with Gasteiger partial charge in [0, 0.05) is 55.1 Å². The van der Waals surface area contributed by atoms with Crippen molar-refractivity contribution in [3.63, 3.8) is 0 Å². The Hall–Kier alpha value is -5.83. The lowest BCUT2D eigenvalue weighted by Gasteiger charge is -2.41. The van der Waals surface area contributed by atoms with Crippen molar-refractivity contribution in [2.24, 2.45) is 5.73 Å². The normalized spacial score (nSPS) is 17.6. The standard InChI is InChI=1S/C40H40N8O5S/c1-51-39(50)48(34(35(41)49)33(28-11-4-2-5-12-28)29-13-6-3-7-14-29)32-15-9-8-10-27(32)16-19-40(37-44-22-23-45-37)26-43-24-31(53-40)25-54-38-47-46-36(52-38)30-17-20-42-21-18-30/h2-15,17-18,20-23,31,33-34,43H,16,19,24-26H2,1H3,(H2,41,49)(H,44,45)/t31?,34-,40+/m0/s1. The zero-order chi connectivity index (χ0) is 37.3. The van der Waals surface area contributed by atoms with Gasteiger partial charge in [-0.2, -0.15) is 0 Å². The fourth-order valence-electron chi connectivity index (χ4n) is 6.97. The maximum absolute atomic E-state index is 13.9. The molecule has 0 radical (unpaired) electrons. The van der Waals surface area contributed by atoms with Gasteiger partial charge < -0.3 is 29.9 Å². The van der Waals surface area contributed by atoms with Gasteiger partial charge in [-0.25, -0.2) is 9.78 Å². The number of nitrogens with two attached hydrogens (primary N) is 1. The first-order valence-electron chi connectivity index (χ1n) is 17.5. The van der Waals surface area contributed by atoms with E-state index in [4.69, 9.17) is 19.6 Å². The lowest BCUT2D eigenvalue weighted by molar-refractivity contribution is -0.122. The summed E-state index contributed by atoms with van der Waals surface area (Å²) in [5.41, 5.74) is 9.14. The Morgan fingerprint density at radius 1 is 0.963 bits per heavy atom. The number of aryl methyl sites for hydroxylation is 1. The first-order chi connectivity index (χ1) is 26.5. The highest BCUT2D eigenvalue weighted by Gasteiger charge is 2.43. The third-order valence-corrected chi connectivity index (χ3v) is 10.4. The smallest absolute Gasteiger partial charge is 0.414 e. The predicted molar refractivity (Wildman–Crippen MR) is 204 cm³/mol. The lowest BCUT2D eigenvalue weighted by atomic mass is 9.83. The molecule has 4 N–H and O–H groups in total. The second-order valence-corrected chi connectivity index (χ2v) is 13.8. The quantitative estimate of drug-likeness (QED) is 0.116. The van der Waals surface area contributed by atoms with E-state index in [-0.39, 0.29) is 6.10 Å².